The van der Waals surface area contributed by atoms with Crippen molar-refractivity contribution >= 4 is 11.3 Å². The van der Waals surface area contributed by atoms with Gasteiger partial charge in [0.2, 0.25) is 0 Å². The Morgan fingerprint density at radius 2 is 1.95 bits per heavy atom. The zero-order valence-corrected chi connectivity index (χ0v) is 13.0. The largest absolute Gasteiger partial charge is 0.462 e. The van der Waals surface area contributed by atoms with E-state index in [4.69, 9.17) is 4.42 Å². The van der Waals surface area contributed by atoms with E-state index in [0.717, 1.165) is 23.0 Å². The van der Waals surface area contributed by atoms with Crippen molar-refractivity contribution in [2.24, 2.45) is 0 Å². The number of nitrogens with zero attached hydrogens (tertiary/aromatic N) is 2. The van der Waals surface area contributed by atoms with E-state index in [1.807, 2.05) is 35.7 Å². The molecule has 0 bridgehead atoms. The van der Waals surface area contributed by atoms with Crippen LogP contribution in [-0.2, 0) is 13.1 Å². The number of aromatic nitrogens is 1. The Morgan fingerprint density at radius 3 is 2.68 bits per heavy atom. The zero-order valence-electron chi connectivity index (χ0n) is 12.2. The van der Waals surface area contributed by atoms with Gasteiger partial charge in [0, 0.05) is 25.0 Å². The smallest absolute Gasteiger partial charge is 0.162 e. The molecule has 0 radical (unpaired) electrons. The Labute approximate surface area is 133 Å². The Hall–Kier alpha value is -1.95. The first-order valence-electron chi connectivity index (χ1n) is 7.20. The first kappa shape index (κ1) is 15.0. The standard InChI is InChI=1S/C17H18N2O2S/c20-9-8-19(11-14-5-2-1-3-6-14)12-15-13-22-17(18-15)16-7-4-10-21-16/h1-7,10,13,20H,8-9,11-12H2. The number of hydrogen-bond donors (Lipinski definition) is 1. The molecule has 0 unspecified atom stereocenters. The van der Waals surface area contributed by atoms with Gasteiger partial charge in [0.1, 0.15) is 0 Å². The highest BCUT2D eigenvalue weighted by Gasteiger charge is 2.11. The number of hydrogen-bond acceptors (Lipinski definition) is 5. The third-order valence-electron chi connectivity index (χ3n) is 3.33. The van der Waals surface area contributed by atoms with Crippen LogP contribution in [0.5, 0.6) is 0 Å². The van der Waals surface area contributed by atoms with Crippen molar-refractivity contribution in [1.29, 1.82) is 0 Å². The summed E-state index contributed by atoms with van der Waals surface area (Å²) in [6.07, 6.45) is 1.66. The van der Waals surface area contributed by atoms with Gasteiger partial charge in [-0.2, -0.15) is 0 Å². The molecule has 3 aromatic rings. The first-order chi connectivity index (χ1) is 10.8. The Bertz CT molecular complexity index is 680. The summed E-state index contributed by atoms with van der Waals surface area (Å²) in [6.45, 7) is 2.28. The minimum atomic E-state index is 0.141. The van der Waals surface area contributed by atoms with Gasteiger partial charge in [-0.15, -0.1) is 11.3 Å². The van der Waals surface area contributed by atoms with Gasteiger partial charge in [-0.05, 0) is 17.7 Å². The minimum Gasteiger partial charge on any atom is -0.462 e. The van der Waals surface area contributed by atoms with Crippen LogP contribution in [0.25, 0.3) is 10.8 Å². The maximum Gasteiger partial charge on any atom is 0.162 e. The van der Waals surface area contributed by atoms with Crippen molar-refractivity contribution < 1.29 is 9.52 Å². The van der Waals surface area contributed by atoms with Crippen LogP contribution in [0, 0.1) is 0 Å². The second-order valence-electron chi connectivity index (χ2n) is 5.04. The summed E-state index contributed by atoms with van der Waals surface area (Å²) in [4.78, 5) is 6.81. The fourth-order valence-corrected chi connectivity index (χ4v) is 3.10. The molecule has 5 heteroatoms. The lowest BCUT2D eigenvalue weighted by Crippen LogP contribution is -2.26. The van der Waals surface area contributed by atoms with Gasteiger partial charge < -0.3 is 9.52 Å². The fourth-order valence-electron chi connectivity index (χ4n) is 2.32. The normalized spacial score (nSPS) is 11.2. The van der Waals surface area contributed by atoms with Crippen LogP contribution in [0.4, 0.5) is 0 Å². The van der Waals surface area contributed by atoms with Crippen molar-refractivity contribution in [3.63, 3.8) is 0 Å². The molecule has 0 saturated heterocycles. The van der Waals surface area contributed by atoms with Crippen LogP contribution < -0.4 is 0 Å². The van der Waals surface area contributed by atoms with E-state index in [2.05, 4.69) is 22.0 Å². The topological polar surface area (TPSA) is 49.5 Å². The SMILES string of the molecule is OCCN(Cc1ccccc1)Cc1csc(-c2ccco2)n1. The average Bonchev–Trinajstić information content (AvgIpc) is 3.19. The van der Waals surface area contributed by atoms with Gasteiger partial charge in [0.25, 0.3) is 0 Å². The predicted octanol–water partition coefficient (Wildman–Crippen LogP) is 3.40. The molecule has 2 aromatic heterocycles. The summed E-state index contributed by atoms with van der Waals surface area (Å²) in [5.74, 6) is 0.799. The lowest BCUT2D eigenvalue weighted by Gasteiger charge is -2.20. The third-order valence-corrected chi connectivity index (χ3v) is 4.24. The quantitative estimate of drug-likeness (QED) is 0.726. The number of aliphatic hydroxyl groups excluding tert-OH is 1. The highest BCUT2D eigenvalue weighted by Crippen LogP contribution is 2.24. The summed E-state index contributed by atoms with van der Waals surface area (Å²) < 4.78 is 5.38. The number of rotatable bonds is 7. The molecular formula is C17H18N2O2S. The van der Waals surface area contributed by atoms with E-state index in [1.165, 1.54) is 5.56 Å². The molecule has 0 saturated carbocycles. The number of furan rings is 1. The molecule has 0 aliphatic rings. The van der Waals surface area contributed by atoms with E-state index in [0.29, 0.717) is 13.1 Å². The molecule has 1 aromatic carbocycles. The van der Waals surface area contributed by atoms with Gasteiger partial charge in [-0.3, -0.25) is 4.90 Å². The maximum atomic E-state index is 9.27. The van der Waals surface area contributed by atoms with E-state index >= 15 is 0 Å². The summed E-state index contributed by atoms with van der Waals surface area (Å²) in [7, 11) is 0. The van der Waals surface area contributed by atoms with Crippen LogP contribution >= 0.6 is 11.3 Å². The van der Waals surface area contributed by atoms with E-state index < -0.39 is 0 Å². The molecule has 0 aliphatic carbocycles. The number of thiazole rings is 1. The van der Waals surface area contributed by atoms with Crippen LogP contribution in [0.15, 0.2) is 58.5 Å². The van der Waals surface area contributed by atoms with Gasteiger partial charge in [-0.25, -0.2) is 4.98 Å². The van der Waals surface area contributed by atoms with Crippen LogP contribution in [-0.4, -0.2) is 28.1 Å². The lowest BCUT2D eigenvalue weighted by atomic mass is 10.2. The zero-order chi connectivity index (χ0) is 15.2. The molecule has 0 amide bonds. The predicted molar refractivity (Wildman–Crippen MR) is 87.5 cm³/mol. The highest BCUT2D eigenvalue weighted by molar-refractivity contribution is 7.13. The van der Waals surface area contributed by atoms with Crippen molar-refractivity contribution in [2.45, 2.75) is 13.1 Å². The van der Waals surface area contributed by atoms with Gasteiger partial charge in [0.05, 0.1) is 18.6 Å². The van der Waals surface area contributed by atoms with Crippen LogP contribution in [0.1, 0.15) is 11.3 Å². The average molecular weight is 314 g/mol. The van der Waals surface area contributed by atoms with Crippen molar-refractivity contribution in [1.82, 2.24) is 9.88 Å². The molecule has 2 heterocycles. The van der Waals surface area contributed by atoms with E-state index in [-0.39, 0.29) is 6.61 Å². The number of benzene rings is 1. The first-order valence-corrected chi connectivity index (χ1v) is 8.08. The van der Waals surface area contributed by atoms with Crippen molar-refractivity contribution in [2.75, 3.05) is 13.2 Å². The molecule has 0 aliphatic heterocycles. The molecule has 22 heavy (non-hydrogen) atoms. The molecular weight excluding hydrogens is 296 g/mol. The summed E-state index contributed by atoms with van der Waals surface area (Å²) in [5, 5.41) is 12.2. The van der Waals surface area contributed by atoms with Gasteiger partial charge in [-0.1, -0.05) is 30.3 Å². The second kappa shape index (κ2) is 7.35. The molecule has 1 N–H and O–H groups in total. The molecule has 114 valence electrons. The molecule has 3 rings (SSSR count). The number of aliphatic hydroxyl groups is 1. The monoisotopic (exact) mass is 314 g/mol. The molecule has 4 nitrogen and oxygen atoms in total. The van der Waals surface area contributed by atoms with Crippen molar-refractivity contribution in [3.05, 3.63) is 65.4 Å². The Balaban J connectivity index is 1.68. The third kappa shape index (κ3) is 3.82. The summed E-state index contributed by atoms with van der Waals surface area (Å²) >= 11 is 1.58. The fraction of sp³-hybridized carbons (Fsp3) is 0.235. The lowest BCUT2D eigenvalue weighted by molar-refractivity contribution is 0.183. The van der Waals surface area contributed by atoms with Gasteiger partial charge >= 0.3 is 0 Å². The minimum absolute atomic E-state index is 0.141. The maximum absolute atomic E-state index is 9.27. The summed E-state index contributed by atoms with van der Waals surface area (Å²) in [6, 6.07) is 14.0. The van der Waals surface area contributed by atoms with E-state index in [9.17, 15) is 5.11 Å². The Kier molecular flexibility index (Phi) is 5.00. The second-order valence-corrected chi connectivity index (χ2v) is 5.90. The summed E-state index contributed by atoms with van der Waals surface area (Å²) in [5.41, 5.74) is 2.23. The van der Waals surface area contributed by atoms with Crippen molar-refractivity contribution in [3.8, 4) is 10.8 Å². The highest BCUT2D eigenvalue weighted by atomic mass is 32.1. The van der Waals surface area contributed by atoms with Crippen LogP contribution in [0.2, 0.25) is 0 Å². The molecule has 0 fully saturated rings. The van der Waals surface area contributed by atoms with Crippen LogP contribution in [0.3, 0.4) is 0 Å². The Morgan fingerprint density at radius 1 is 1.09 bits per heavy atom. The van der Waals surface area contributed by atoms with Gasteiger partial charge in [0.15, 0.2) is 10.8 Å². The molecule has 0 atom stereocenters. The molecule has 0 spiro atoms. The van der Waals surface area contributed by atoms with E-state index in [1.54, 1.807) is 17.6 Å².